The normalized spacial score (nSPS) is 27.8. The fraction of sp³-hybridized carbons (Fsp3) is 0.542. The highest BCUT2D eigenvalue weighted by Crippen LogP contribution is 2.60. The monoisotopic (exact) mass is 447 g/mol. The fourth-order valence-corrected chi connectivity index (χ4v) is 7.02. The maximum Gasteiger partial charge on any atom is 0.304 e. The molecule has 4 fully saturated rings. The first-order valence-electron chi connectivity index (χ1n) is 11.7. The largest absolute Gasteiger partial charge is 0.440 e. The van der Waals surface area contributed by atoms with E-state index in [1.54, 1.807) is 6.20 Å². The Labute approximate surface area is 192 Å². The summed E-state index contributed by atoms with van der Waals surface area (Å²) in [5, 5.41) is 4.42. The number of carbonyl (C=O) groups excluding carboxylic acids is 1. The van der Waals surface area contributed by atoms with Gasteiger partial charge >= 0.3 is 5.91 Å². The standard InChI is InChI=1S/C24H29N7O2/c1-14-11-26-23(29-20(14)18-12-33-22(28-18)21(25)32)31(19-3-4-27-30(19)2)13-24-8-15-5-16(9-24)7-17(6-15)10-24/h3-4,11-12,15-17H,5-10,13H2,1-2H3,(H2,25,32). The second kappa shape index (κ2) is 7.40. The molecule has 1 amide bonds. The third kappa shape index (κ3) is 3.50. The Bertz CT molecular complexity index is 1180. The lowest BCUT2D eigenvalue weighted by Gasteiger charge is -2.57. The summed E-state index contributed by atoms with van der Waals surface area (Å²) >= 11 is 0. The van der Waals surface area contributed by atoms with Gasteiger partial charge in [0.1, 0.15) is 23.5 Å². The van der Waals surface area contributed by atoms with Crippen molar-refractivity contribution in [3.63, 3.8) is 0 Å². The second-order valence-electron chi connectivity index (χ2n) is 10.4. The number of hydrogen-bond donors (Lipinski definition) is 1. The molecule has 4 aliphatic rings. The number of amides is 1. The number of nitrogens with two attached hydrogens (primary N) is 1. The predicted octanol–water partition coefficient (Wildman–Crippen LogP) is 3.63. The Hall–Kier alpha value is -3.23. The first-order chi connectivity index (χ1) is 15.9. The van der Waals surface area contributed by atoms with Crippen LogP contribution in [0.1, 0.15) is 54.8 Å². The van der Waals surface area contributed by atoms with Crippen molar-refractivity contribution < 1.29 is 9.21 Å². The SMILES string of the molecule is Cc1cnc(N(CC23CC4CC(CC(C4)C2)C3)c2ccnn2C)nc1-c1coc(C(N)=O)n1. The molecule has 0 spiro atoms. The zero-order valence-corrected chi connectivity index (χ0v) is 19.1. The molecule has 3 heterocycles. The lowest BCUT2D eigenvalue weighted by molar-refractivity contribution is -0.0469. The molecule has 7 rings (SSSR count). The van der Waals surface area contributed by atoms with Crippen LogP contribution in [0.2, 0.25) is 0 Å². The van der Waals surface area contributed by atoms with Crippen LogP contribution in [-0.2, 0) is 7.05 Å². The zero-order valence-electron chi connectivity index (χ0n) is 19.1. The molecule has 2 N–H and O–H groups in total. The van der Waals surface area contributed by atoms with Gasteiger partial charge in [-0.25, -0.2) is 15.0 Å². The number of primary amides is 1. The Morgan fingerprint density at radius 3 is 2.48 bits per heavy atom. The van der Waals surface area contributed by atoms with Crippen molar-refractivity contribution in [2.45, 2.75) is 45.4 Å². The summed E-state index contributed by atoms with van der Waals surface area (Å²) < 4.78 is 7.12. The third-order valence-electron chi connectivity index (χ3n) is 7.89. The van der Waals surface area contributed by atoms with E-state index in [-0.39, 0.29) is 5.89 Å². The fourth-order valence-electron chi connectivity index (χ4n) is 7.02. The van der Waals surface area contributed by atoms with E-state index in [0.717, 1.165) is 35.7 Å². The van der Waals surface area contributed by atoms with Gasteiger partial charge in [-0.1, -0.05) is 0 Å². The molecule has 4 bridgehead atoms. The van der Waals surface area contributed by atoms with Crippen molar-refractivity contribution >= 4 is 17.7 Å². The summed E-state index contributed by atoms with van der Waals surface area (Å²) in [6, 6.07) is 2.02. The van der Waals surface area contributed by atoms with Gasteiger partial charge in [-0.3, -0.25) is 14.4 Å². The van der Waals surface area contributed by atoms with Crippen molar-refractivity contribution in [2.75, 3.05) is 11.4 Å². The van der Waals surface area contributed by atoms with Crippen LogP contribution in [0.5, 0.6) is 0 Å². The minimum Gasteiger partial charge on any atom is -0.440 e. The van der Waals surface area contributed by atoms with E-state index in [1.807, 2.05) is 30.9 Å². The predicted molar refractivity (Wildman–Crippen MR) is 122 cm³/mol. The number of aryl methyl sites for hydroxylation is 2. The van der Waals surface area contributed by atoms with Crippen LogP contribution in [-0.4, -0.2) is 37.2 Å². The molecule has 0 aromatic carbocycles. The van der Waals surface area contributed by atoms with E-state index >= 15 is 0 Å². The van der Waals surface area contributed by atoms with Gasteiger partial charge in [0.05, 0.1) is 6.20 Å². The van der Waals surface area contributed by atoms with Gasteiger partial charge in [0.15, 0.2) is 0 Å². The van der Waals surface area contributed by atoms with Crippen LogP contribution < -0.4 is 10.6 Å². The molecule has 33 heavy (non-hydrogen) atoms. The van der Waals surface area contributed by atoms with E-state index < -0.39 is 5.91 Å². The molecule has 0 atom stereocenters. The van der Waals surface area contributed by atoms with Crippen LogP contribution >= 0.6 is 0 Å². The lowest BCUT2D eigenvalue weighted by Crippen LogP contribution is -2.51. The Kier molecular flexibility index (Phi) is 4.57. The minimum absolute atomic E-state index is 0.123. The lowest BCUT2D eigenvalue weighted by atomic mass is 9.49. The van der Waals surface area contributed by atoms with Crippen molar-refractivity contribution in [1.82, 2.24) is 24.7 Å². The number of carbonyl (C=O) groups is 1. The van der Waals surface area contributed by atoms with Gasteiger partial charge in [0.25, 0.3) is 5.89 Å². The zero-order chi connectivity index (χ0) is 22.7. The van der Waals surface area contributed by atoms with Crippen LogP contribution in [0, 0.1) is 30.1 Å². The quantitative estimate of drug-likeness (QED) is 0.613. The van der Waals surface area contributed by atoms with E-state index in [1.165, 1.54) is 44.8 Å². The van der Waals surface area contributed by atoms with Gasteiger partial charge in [-0.2, -0.15) is 5.10 Å². The number of oxazole rings is 1. The Morgan fingerprint density at radius 1 is 1.21 bits per heavy atom. The van der Waals surface area contributed by atoms with Crippen molar-refractivity contribution in [3.05, 3.63) is 36.2 Å². The van der Waals surface area contributed by atoms with Crippen LogP contribution in [0.15, 0.2) is 29.1 Å². The molecule has 0 saturated heterocycles. The highest BCUT2D eigenvalue weighted by Gasteiger charge is 2.51. The van der Waals surface area contributed by atoms with E-state index in [4.69, 9.17) is 20.1 Å². The van der Waals surface area contributed by atoms with Gasteiger partial charge in [-0.15, -0.1) is 0 Å². The molecule has 9 nitrogen and oxygen atoms in total. The number of nitrogens with zero attached hydrogens (tertiary/aromatic N) is 6. The van der Waals surface area contributed by atoms with Crippen molar-refractivity contribution in [2.24, 2.45) is 36.0 Å². The van der Waals surface area contributed by atoms with Crippen molar-refractivity contribution in [1.29, 1.82) is 0 Å². The summed E-state index contributed by atoms with van der Waals surface area (Å²) in [4.78, 5) is 27.6. The molecule has 172 valence electrons. The molecular weight excluding hydrogens is 418 g/mol. The summed E-state index contributed by atoms with van der Waals surface area (Å²) in [6.45, 7) is 2.80. The van der Waals surface area contributed by atoms with Crippen LogP contribution in [0.3, 0.4) is 0 Å². The first-order valence-corrected chi connectivity index (χ1v) is 11.7. The molecule has 4 aliphatic carbocycles. The average Bonchev–Trinajstić information content (AvgIpc) is 3.41. The smallest absolute Gasteiger partial charge is 0.304 e. The summed E-state index contributed by atoms with van der Waals surface area (Å²) in [5.41, 5.74) is 7.57. The average molecular weight is 448 g/mol. The molecule has 0 radical (unpaired) electrons. The Morgan fingerprint density at radius 2 is 1.91 bits per heavy atom. The molecule has 0 aliphatic heterocycles. The number of anilines is 2. The van der Waals surface area contributed by atoms with Crippen LogP contribution in [0.4, 0.5) is 11.8 Å². The van der Waals surface area contributed by atoms with E-state index in [0.29, 0.717) is 22.8 Å². The highest BCUT2D eigenvalue weighted by atomic mass is 16.3. The summed E-state index contributed by atoms with van der Waals surface area (Å²) in [7, 11) is 1.95. The molecule has 0 unspecified atom stereocenters. The first kappa shape index (κ1) is 20.4. The van der Waals surface area contributed by atoms with Gasteiger partial charge in [0, 0.05) is 25.9 Å². The van der Waals surface area contributed by atoms with Gasteiger partial charge < -0.3 is 10.2 Å². The molecule has 3 aromatic rings. The number of rotatable bonds is 6. The maximum absolute atomic E-state index is 11.5. The Balaban J connectivity index is 1.40. The second-order valence-corrected chi connectivity index (χ2v) is 10.4. The summed E-state index contributed by atoms with van der Waals surface area (Å²) in [5.74, 6) is 3.34. The number of aromatic nitrogens is 5. The molecule has 4 saturated carbocycles. The van der Waals surface area contributed by atoms with E-state index in [2.05, 4.69) is 15.0 Å². The molecular formula is C24H29N7O2. The number of hydrogen-bond acceptors (Lipinski definition) is 7. The molecule has 3 aromatic heterocycles. The molecule has 9 heteroatoms. The van der Waals surface area contributed by atoms with Crippen LogP contribution in [0.25, 0.3) is 11.4 Å². The maximum atomic E-state index is 11.5. The van der Waals surface area contributed by atoms with Gasteiger partial charge in [-0.05, 0) is 74.2 Å². The highest BCUT2D eigenvalue weighted by molar-refractivity contribution is 5.88. The van der Waals surface area contributed by atoms with E-state index in [9.17, 15) is 4.79 Å². The van der Waals surface area contributed by atoms with Crippen molar-refractivity contribution in [3.8, 4) is 11.4 Å². The third-order valence-corrected chi connectivity index (χ3v) is 7.89. The topological polar surface area (TPSA) is 116 Å². The summed E-state index contributed by atoms with van der Waals surface area (Å²) in [6.07, 6.45) is 13.1. The van der Waals surface area contributed by atoms with Gasteiger partial charge in [0.2, 0.25) is 5.95 Å². The minimum atomic E-state index is -0.702.